The average Bonchev–Trinajstić information content (AvgIpc) is 3.01. The first-order valence-electron chi connectivity index (χ1n) is 8.16. The largest absolute Gasteiger partial charge is 0.275 e. The SMILES string of the molecule is CC1CCc2nc(-c3ccccc3)nc(-c3ccn(C)n3)c2C1. The topological polar surface area (TPSA) is 43.6 Å². The molecule has 4 heteroatoms. The fourth-order valence-electron chi connectivity index (χ4n) is 3.25. The lowest BCUT2D eigenvalue weighted by atomic mass is 9.86. The van der Waals surface area contributed by atoms with Crippen LogP contribution >= 0.6 is 0 Å². The third-order valence-corrected chi connectivity index (χ3v) is 4.51. The Morgan fingerprint density at radius 1 is 1.09 bits per heavy atom. The minimum Gasteiger partial charge on any atom is -0.275 e. The first-order chi connectivity index (χ1) is 11.2. The normalized spacial score (nSPS) is 17.0. The van der Waals surface area contributed by atoms with Gasteiger partial charge in [-0.3, -0.25) is 4.68 Å². The van der Waals surface area contributed by atoms with Crippen molar-refractivity contribution in [1.29, 1.82) is 0 Å². The van der Waals surface area contributed by atoms with Crippen LogP contribution in [0, 0.1) is 5.92 Å². The highest BCUT2D eigenvalue weighted by molar-refractivity contribution is 5.65. The lowest BCUT2D eigenvalue weighted by molar-refractivity contribution is 0.493. The maximum Gasteiger partial charge on any atom is 0.160 e. The molecule has 2 aromatic heterocycles. The molecule has 0 aliphatic heterocycles. The van der Waals surface area contributed by atoms with Crippen LogP contribution in [0.2, 0.25) is 0 Å². The van der Waals surface area contributed by atoms with E-state index in [2.05, 4.69) is 24.2 Å². The van der Waals surface area contributed by atoms with E-state index in [1.54, 1.807) is 0 Å². The van der Waals surface area contributed by atoms with Gasteiger partial charge >= 0.3 is 0 Å². The van der Waals surface area contributed by atoms with E-state index in [-0.39, 0.29) is 0 Å². The van der Waals surface area contributed by atoms with Crippen molar-refractivity contribution < 1.29 is 0 Å². The zero-order chi connectivity index (χ0) is 15.8. The van der Waals surface area contributed by atoms with E-state index in [1.807, 2.05) is 42.2 Å². The summed E-state index contributed by atoms with van der Waals surface area (Å²) >= 11 is 0. The molecule has 0 amide bonds. The second kappa shape index (κ2) is 5.61. The number of hydrogen-bond acceptors (Lipinski definition) is 3. The summed E-state index contributed by atoms with van der Waals surface area (Å²) in [5, 5.41) is 4.58. The smallest absolute Gasteiger partial charge is 0.160 e. The Bertz CT molecular complexity index is 836. The van der Waals surface area contributed by atoms with Crippen LogP contribution in [-0.2, 0) is 19.9 Å². The summed E-state index contributed by atoms with van der Waals surface area (Å²) in [6.45, 7) is 2.30. The second-order valence-corrected chi connectivity index (χ2v) is 6.41. The van der Waals surface area contributed by atoms with Crippen molar-refractivity contribution in [3.63, 3.8) is 0 Å². The van der Waals surface area contributed by atoms with Crippen LogP contribution < -0.4 is 0 Å². The van der Waals surface area contributed by atoms with Gasteiger partial charge in [-0.05, 0) is 31.2 Å². The van der Waals surface area contributed by atoms with Gasteiger partial charge in [0.2, 0.25) is 0 Å². The number of aromatic nitrogens is 4. The fraction of sp³-hybridized carbons (Fsp3) is 0.316. The third-order valence-electron chi connectivity index (χ3n) is 4.51. The van der Waals surface area contributed by atoms with Crippen LogP contribution in [0.5, 0.6) is 0 Å². The highest BCUT2D eigenvalue weighted by Gasteiger charge is 2.23. The minimum atomic E-state index is 0.677. The number of nitrogens with zero attached hydrogens (tertiary/aromatic N) is 4. The zero-order valence-corrected chi connectivity index (χ0v) is 13.5. The van der Waals surface area contributed by atoms with Gasteiger partial charge in [-0.25, -0.2) is 9.97 Å². The molecular weight excluding hydrogens is 284 g/mol. The molecule has 0 bridgehead atoms. The van der Waals surface area contributed by atoms with Crippen molar-refractivity contribution in [2.45, 2.75) is 26.2 Å². The Balaban J connectivity index is 1.91. The van der Waals surface area contributed by atoms with Gasteiger partial charge in [-0.15, -0.1) is 0 Å². The molecule has 4 nitrogen and oxygen atoms in total. The molecule has 23 heavy (non-hydrogen) atoms. The van der Waals surface area contributed by atoms with Crippen molar-refractivity contribution in [2.75, 3.05) is 0 Å². The molecule has 2 heterocycles. The molecule has 1 aliphatic rings. The van der Waals surface area contributed by atoms with Crippen LogP contribution in [-0.4, -0.2) is 19.7 Å². The molecule has 116 valence electrons. The van der Waals surface area contributed by atoms with Gasteiger partial charge < -0.3 is 0 Å². The Kier molecular flexibility index (Phi) is 3.45. The van der Waals surface area contributed by atoms with Gasteiger partial charge in [0.15, 0.2) is 5.82 Å². The predicted octanol–water partition coefficient (Wildman–Crippen LogP) is 3.67. The van der Waals surface area contributed by atoms with Crippen LogP contribution in [0.25, 0.3) is 22.8 Å². The van der Waals surface area contributed by atoms with Gasteiger partial charge in [0, 0.05) is 30.1 Å². The van der Waals surface area contributed by atoms with E-state index >= 15 is 0 Å². The molecule has 1 atom stereocenters. The van der Waals surface area contributed by atoms with Crippen molar-refractivity contribution in [3.05, 3.63) is 53.9 Å². The molecule has 0 radical (unpaired) electrons. The van der Waals surface area contributed by atoms with Gasteiger partial charge in [-0.1, -0.05) is 37.3 Å². The summed E-state index contributed by atoms with van der Waals surface area (Å²) in [4.78, 5) is 9.75. The monoisotopic (exact) mass is 304 g/mol. The molecule has 4 rings (SSSR count). The minimum absolute atomic E-state index is 0.677. The lowest BCUT2D eigenvalue weighted by Gasteiger charge is -2.23. The third kappa shape index (κ3) is 2.65. The first kappa shape index (κ1) is 14.1. The summed E-state index contributed by atoms with van der Waals surface area (Å²) in [6, 6.07) is 12.2. The van der Waals surface area contributed by atoms with E-state index in [0.717, 1.165) is 35.6 Å². The van der Waals surface area contributed by atoms with Crippen LogP contribution in [0.15, 0.2) is 42.6 Å². The molecule has 0 saturated heterocycles. The molecule has 1 aromatic carbocycles. The quantitative estimate of drug-likeness (QED) is 0.725. The van der Waals surface area contributed by atoms with Gasteiger partial charge in [-0.2, -0.15) is 5.10 Å². The van der Waals surface area contributed by atoms with Crippen molar-refractivity contribution in [1.82, 2.24) is 19.7 Å². The standard InChI is InChI=1S/C19H20N4/c1-13-8-9-16-15(12-13)18(17-10-11-23(2)22-17)21-19(20-16)14-6-4-3-5-7-14/h3-7,10-11,13H,8-9,12H2,1-2H3. The highest BCUT2D eigenvalue weighted by Crippen LogP contribution is 2.32. The van der Waals surface area contributed by atoms with E-state index in [0.29, 0.717) is 5.92 Å². The van der Waals surface area contributed by atoms with Crippen LogP contribution in [0.1, 0.15) is 24.6 Å². The van der Waals surface area contributed by atoms with Gasteiger partial charge in [0.25, 0.3) is 0 Å². The Morgan fingerprint density at radius 3 is 2.65 bits per heavy atom. The fourth-order valence-corrected chi connectivity index (χ4v) is 3.25. The molecule has 3 aromatic rings. The summed E-state index contributed by atoms with van der Waals surface area (Å²) in [6.07, 6.45) is 5.23. The highest BCUT2D eigenvalue weighted by atomic mass is 15.2. The number of hydrogen-bond donors (Lipinski definition) is 0. The maximum atomic E-state index is 4.89. The van der Waals surface area contributed by atoms with E-state index < -0.39 is 0 Å². The van der Waals surface area contributed by atoms with Crippen molar-refractivity contribution >= 4 is 0 Å². The molecule has 0 N–H and O–H groups in total. The molecule has 0 spiro atoms. The summed E-state index contributed by atoms with van der Waals surface area (Å²) in [5.41, 5.74) is 5.48. The summed E-state index contributed by atoms with van der Waals surface area (Å²) in [5.74, 6) is 1.48. The number of benzene rings is 1. The zero-order valence-electron chi connectivity index (χ0n) is 13.5. The van der Waals surface area contributed by atoms with E-state index in [9.17, 15) is 0 Å². The summed E-state index contributed by atoms with van der Waals surface area (Å²) < 4.78 is 1.83. The Morgan fingerprint density at radius 2 is 1.91 bits per heavy atom. The second-order valence-electron chi connectivity index (χ2n) is 6.41. The van der Waals surface area contributed by atoms with Gasteiger partial charge in [0.1, 0.15) is 5.69 Å². The Labute approximate surface area is 136 Å². The van der Waals surface area contributed by atoms with Gasteiger partial charge in [0.05, 0.1) is 5.69 Å². The van der Waals surface area contributed by atoms with Crippen LogP contribution in [0.3, 0.4) is 0 Å². The number of aryl methyl sites for hydroxylation is 2. The maximum absolute atomic E-state index is 4.89. The van der Waals surface area contributed by atoms with E-state index in [1.165, 1.54) is 17.7 Å². The number of rotatable bonds is 2. The van der Waals surface area contributed by atoms with E-state index in [4.69, 9.17) is 9.97 Å². The van der Waals surface area contributed by atoms with Crippen molar-refractivity contribution in [3.8, 4) is 22.8 Å². The average molecular weight is 304 g/mol. The number of fused-ring (bicyclic) bond motifs is 1. The summed E-state index contributed by atoms with van der Waals surface area (Å²) in [7, 11) is 1.94. The molecular formula is C19H20N4. The molecule has 1 unspecified atom stereocenters. The lowest BCUT2D eigenvalue weighted by Crippen LogP contribution is -2.16. The Hall–Kier alpha value is -2.49. The molecule has 0 saturated carbocycles. The van der Waals surface area contributed by atoms with Crippen LogP contribution in [0.4, 0.5) is 0 Å². The molecule has 0 fully saturated rings. The van der Waals surface area contributed by atoms with Crippen molar-refractivity contribution in [2.24, 2.45) is 13.0 Å². The molecule has 1 aliphatic carbocycles. The first-order valence-corrected chi connectivity index (χ1v) is 8.16. The predicted molar refractivity (Wildman–Crippen MR) is 90.9 cm³/mol.